The quantitative estimate of drug-likeness (QED) is 0.502. The molecule has 0 N–H and O–H groups in total. The molecule has 1 nitrogen and oxygen atoms in total. The lowest BCUT2D eigenvalue weighted by molar-refractivity contribution is 0.330. The molecule has 23 heavy (non-hydrogen) atoms. The largest absolute Gasteiger partial charge is 0.404 e. The van der Waals surface area contributed by atoms with Crippen LogP contribution in [0.3, 0.4) is 0 Å². The van der Waals surface area contributed by atoms with Crippen molar-refractivity contribution in [2.75, 3.05) is 6.61 Å². The van der Waals surface area contributed by atoms with E-state index in [9.17, 15) is 0 Å². The molecule has 0 bridgehead atoms. The first kappa shape index (κ1) is 15.7. The summed E-state index contributed by atoms with van der Waals surface area (Å²) in [6.07, 6.45) is 0.765. The predicted octanol–water partition coefficient (Wildman–Crippen LogP) is 2.89. The second-order valence-corrected chi connectivity index (χ2v) is 8.86. The molecule has 0 saturated carbocycles. The molecule has 3 aromatic carbocycles. The Hall–Kier alpha value is -2.16. The van der Waals surface area contributed by atoms with E-state index < -0.39 is 8.32 Å². The van der Waals surface area contributed by atoms with Crippen molar-refractivity contribution in [3.8, 4) is 0 Å². The van der Waals surface area contributed by atoms with Gasteiger partial charge in [-0.15, -0.1) is 0 Å². The zero-order chi connectivity index (χ0) is 16.0. The van der Waals surface area contributed by atoms with Crippen LogP contribution in [0.1, 0.15) is 6.42 Å². The Balaban J connectivity index is 2.25. The van der Waals surface area contributed by atoms with Gasteiger partial charge in [0.15, 0.2) is 0 Å². The van der Waals surface area contributed by atoms with Gasteiger partial charge in [0.05, 0.1) is 0 Å². The number of benzene rings is 3. The Morgan fingerprint density at radius 2 is 0.957 bits per heavy atom. The Labute approximate surface area is 139 Å². The van der Waals surface area contributed by atoms with Crippen LogP contribution in [0.5, 0.6) is 0 Å². The third-order valence-electron chi connectivity index (χ3n) is 4.00. The third-order valence-corrected chi connectivity index (χ3v) is 8.08. The van der Waals surface area contributed by atoms with Gasteiger partial charge in [0.2, 0.25) is 0 Å². The summed E-state index contributed by atoms with van der Waals surface area (Å²) in [5.74, 6) is 0. The number of rotatable bonds is 6. The molecular formula is C21H21OSi. The lowest BCUT2D eigenvalue weighted by Gasteiger charge is -2.33. The predicted molar refractivity (Wildman–Crippen MR) is 99.9 cm³/mol. The zero-order valence-corrected chi connectivity index (χ0v) is 14.2. The van der Waals surface area contributed by atoms with Gasteiger partial charge in [-0.2, -0.15) is 0 Å². The highest BCUT2D eigenvalue weighted by Crippen LogP contribution is 2.10. The van der Waals surface area contributed by atoms with Crippen molar-refractivity contribution in [2.45, 2.75) is 6.42 Å². The van der Waals surface area contributed by atoms with Crippen molar-refractivity contribution in [3.63, 3.8) is 0 Å². The van der Waals surface area contributed by atoms with Gasteiger partial charge in [0.1, 0.15) is 0 Å². The van der Waals surface area contributed by atoms with Crippen molar-refractivity contribution in [1.82, 2.24) is 0 Å². The summed E-state index contributed by atoms with van der Waals surface area (Å²) in [7, 11) is -2.48. The Morgan fingerprint density at radius 1 is 0.609 bits per heavy atom. The molecule has 0 amide bonds. The first-order chi connectivity index (χ1) is 11.4. The Kier molecular flexibility index (Phi) is 5.06. The molecule has 0 atom stereocenters. The molecule has 3 aromatic rings. The normalized spacial score (nSPS) is 11.3. The van der Waals surface area contributed by atoms with Crippen LogP contribution in [0, 0.1) is 6.92 Å². The van der Waals surface area contributed by atoms with Gasteiger partial charge in [-0.05, 0) is 22.0 Å². The molecule has 0 unspecified atom stereocenters. The second kappa shape index (κ2) is 7.40. The van der Waals surface area contributed by atoms with Gasteiger partial charge < -0.3 is 4.43 Å². The maximum atomic E-state index is 6.61. The standard InChI is InChI=1S/C21H21OSi/c1-2-18-22-23(19-12-6-3-7-13-19,20-14-8-4-9-15-20)21-16-10-5-11-17-21/h3-17H,1-2,18H2. The first-order valence-corrected chi connectivity index (χ1v) is 9.88. The molecule has 3 rings (SSSR count). The molecular weight excluding hydrogens is 296 g/mol. The van der Waals surface area contributed by atoms with Crippen LogP contribution in [0.15, 0.2) is 91.0 Å². The van der Waals surface area contributed by atoms with Gasteiger partial charge >= 0.3 is 0 Å². The summed E-state index contributed by atoms with van der Waals surface area (Å²) >= 11 is 0. The van der Waals surface area contributed by atoms with Crippen LogP contribution < -0.4 is 15.6 Å². The number of hydrogen-bond acceptors (Lipinski definition) is 1. The molecule has 0 aromatic heterocycles. The van der Waals surface area contributed by atoms with Gasteiger partial charge in [-0.1, -0.05) is 97.9 Å². The molecule has 0 aliphatic carbocycles. The van der Waals surface area contributed by atoms with Crippen LogP contribution in [-0.2, 0) is 4.43 Å². The average molecular weight is 317 g/mol. The minimum atomic E-state index is -2.48. The Bertz CT molecular complexity index is 614. The lowest BCUT2D eigenvalue weighted by Crippen LogP contribution is -2.69. The molecule has 0 aliphatic rings. The molecule has 0 heterocycles. The summed E-state index contributed by atoms with van der Waals surface area (Å²) in [5, 5.41) is 3.81. The van der Waals surface area contributed by atoms with Crippen molar-refractivity contribution in [3.05, 3.63) is 97.9 Å². The number of hydrogen-bond donors (Lipinski definition) is 0. The summed E-state index contributed by atoms with van der Waals surface area (Å²) in [5.41, 5.74) is 0. The van der Waals surface area contributed by atoms with E-state index in [1.807, 2.05) is 0 Å². The maximum Gasteiger partial charge on any atom is 0.288 e. The van der Waals surface area contributed by atoms with Crippen molar-refractivity contribution in [1.29, 1.82) is 0 Å². The first-order valence-electron chi connectivity index (χ1n) is 7.97. The van der Waals surface area contributed by atoms with E-state index in [1.54, 1.807) is 0 Å². The fraction of sp³-hybridized carbons (Fsp3) is 0.0952. The van der Waals surface area contributed by atoms with Crippen molar-refractivity contribution < 1.29 is 4.43 Å². The maximum absolute atomic E-state index is 6.61. The summed E-state index contributed by atoms with van der Waals surface area (Å²) < 4.78 is 6.61. The fourth-order valence-corrected chi connectivity index (χ4v) is 6.93. The summed E-state index contributed by atoms with van der Waals surface area (Å²) in [6, 6.07) is 31.9. The van der Waals surface area contributed by atoms with Crippen LogP contribution in [-0.4, -0.2) is 14.9 Å². The summed E-state index contributed by atoms with van der Waals surface area (Å²) in [6.45, 7) is 4.62. The minimum Gasteiger partial charge on any atom is -0.404 e. The SMILES string of the molecule is [CH2]CCO[Si](c1ccccc1)(c1ccccc1)c1ccccc1. The van der Waals surface area contributed by atoms with Crippen LogP contribution in [0.2, 0.25) is 0 Å². The van der Waals surface area contributed by atoms with E-state index in [0.717, 1.165) is 6.42 Å². The molecule has 115 valence electrons. The molecule has 0 fully saturated rings. The lowest BCUT2D eigenvalue weighted by atomic mass is 10.3. The molecule has 0 spiro atoms. The Morgan fingerprint density at radius 3 is 1.26 bits per heavy atom. The van der Waals surface area contributed by atoms with E-state index in [0.29, 0.717) is 6.61 Å². The molecule has 2 heteroatoms. The molecule has 0 saturated heterocycles. The van der Waals surface area contributed by atoms with Crippen LogP contribution in [0.4, 0.5) is 0 Å². The third kappa shape index (κ3) is 3.14. The summed E-state index contributed by atoms with van der Waals surface area (Å²) in [4.78, 5) is 0. The van der Waals surface area contributed by atoms with Crippen molar-refractivity contribution in [2.24, 2.45) is 0 Å². The van der Waals surface area contributed by atoms with Crippen LogP contribution >= 0.6 is 0 Å². The van der Waals surface area contributed by atoms with Crippen molar-refractivity contribution >= 4 is 23.9 Å². The van der Waals surface area contributed by atoms with Gasteiger partial charge in [0, 0.05) is 6.61 Å². The topological polar surface area (TPSA) is 9.23 Å². The minimum absolute atomic E-state index is 0.658. The van der Waals surface area contributed by atoms with Gasteiger partial charge in [-0.25, -0.2) is 0 Å². The fourth-order valence-electron chi connectivity index (χ4n) is 2.99. The van der Waals surface area contributed by atoms with E-state index in [-0.39, 0.29) is 0 Å². The highest BCUT2D eigenvalue weighted by molar-refractivity contribution is 7.07. The highest BCUT2D eigenvalue weighted by atomic mass is 28.4. The smallest absolute Gasteiger partial charge is 0.288 e. The average Bonchev–Trinajstić information content (AvgIpc) is 2.65. The monoisotopic (exact) mass is 317 g/mol. The van der Waals surface area contributed by atoms with Gasteiger partial charge in [-0.3, -0.25) is 0 Å². The van der Waals surface area contributed by atoms with Gasteiger partial charge in [0.25, 0.3) is 8.32 Å². The molecule has 0 aliphatic heterocycles. The highest BCUT2D eigenvalue weighted by Gasteiger charge is 2.41. The zero-order valence-electron chi connectivity index (χ0n) is 13.2. The van der Waals surface area contributed by atoms with E-state index in [4.69, 9.17) is 4.43 Å². The van der Waals surface area contributed by atoms with E-state index in [1.165, 1.54) is 15.6 Å². The second-order valence-electron chi connectivity index (χ2n) is 5.48. The molecule has 1 radical (unpaired) electrons. The van der Waals surface area contributed by atoms with E-state index in [2.05, 4.69) is 97.9 Å². The van der Waals surface area contributed by atoms with E-state index >= 15 is 0 Å². The van der Waals surface area contributed by atoms with Crippen LogP contribution in [0.25, 0.3) is 0 Å².